The summed E-state index contributed by atoms with van der Waals surface area (Å²) < 4.78 is 18.3. The molecule has 134 valence electrons. The number of aromatic nitrogens is 1. The third-order valence-corrected chi connectivity index (χ3v) is 4.88. The molecule has 0 atom stereocenters. The van der Waals surface area contributed by atoms with E-state index in [1.54, 1.807) is 25.4 Å². The van der Waals surface area contributed by atoms with Gasteiger partial charge in [0.1, 0.15) is 11.6 Å². The van der Waals surface area contributed by atoms with Crippen LogP contribution in [0.4, 0.5) is 10.1 Å². The van der Waals surface area contributed by atoms with Crippen molar-refractivity contribution >= 4 is 22.5 Å². The number of H-pyrrole nitrogens is 1. The number of nitrogens with zero attached hydrogens (tertiary/aromatic N) is 2. The molecule has 0 unspecified atom stereocenters. The molecular formula is C20H20FN3O2. The largest absolute Gasteiger partial charge is 0.497 e. The van der Waals surface area contributed by atoms with Gasteiger partial charge in [-0.05, 0) is 42.5 Å². The zero-order valence-electron chi connectivity index (χ0n) is 14.5. The minimum atomic E-state index is -0.239. The quantitative estimate of drug-likeness (QED) is 0.786. The van der Waals surface area contributed by atoms with Crippen molar-refractivity contribution in [2.24, 2.45) is 0 Å². The number of nitrogens with one attached hydrogen (secondary N) is 1. The summed E-state index contributed by atoms with van der Waals surface area (Å²) in [5.74, 6) is 0.507. The average Bonchev–Trinajstić information content (AvgIpc) is 3.11. The van der Waals surface area contributed by atoms with E-state index in [0.29, 0.717) is 18.7 Å². The monoisotopic (exact) mass is 353 g/mol. The van der Waals surface area contributed by atoms with Crippen molar-refractivity contribution in [2.75, 3.05) is 38.2 Å². The van der Waals surface area contributed by atoms with Gasteiger partial charge in [0, 0.05) is 49.0 Å². The van der Waals surface area contributed by atoms with Crippen LogP contribution in [0.1, 0.15) is 10.4 Å². The fourth-order valence-corrected chi connectivity index (χ4v) is 3.39. The number of fused-ring (bicyclic) bond motifs is 1. The lowest BCUT2D eigenvalue weighted by molar-refractivity contribution is 0.0749. The van der Waals surface area contributed by atoms with Gasteiger partial charge >= 0.3 is 0 Å². The highest BCUT2D eigenvalue weighted by Gasteiger charge is 2.24. The molecule has 4 rings (SSSR count). The van der Waals surface area contributed by atoms with E-state index in [1.165, 1.54) is 12.1 Å². The molecule has 0 spiro atoms. The molecule has 1 fully saturated rings. The molecule has 1 saturated heterocycles. The molecular weight excluding hydrogens is 333 g/mol. The predicted molar refractivity (Wildman–Crippen MR) is 99.4 cm³/mol. The number of carbonyl (C=O) groups is 1. The molecule has 3 aromatic rings. The highest BCUT2D eigenvalue weighted by molar-refractivity contribution is 6.07. The molecule has 0 radical (unpaired) electrons. The Morgan fingerprint density at radius 3 is 2.50 bits per heavy atom. The van der Waals surface area contributed by atoms with E-state index >= 15 is 0 Å². The number of piperazine rings is 1. The van der Waals surface area contributed by atoms with Crippen LogP contribution >= 0.6 is 0 Å². The van der Waals surface area contributed by atoms with E-state index in [9.17, 15) is 9.18 Å². The van der Waals surface area contributed by atoms with Crippen molar-refractivity contribution in [3.63, 3.8) is 0 Å². The standard InChI is InChI=1S/C20H20FN3O2/c1-26-16-6-7-19-17(12-16)18(13-22-19)20(25)24-10-8-23(9-11-24)15-4-2-14(21)3-5-15/h2-7,12-13,22H,8-11H2,1H3. The molecule has 1 N–H and O–H groups in total. The summed E-state index contributed by atoms with van der Waals surface area (Å²) >= 11 is 0. The number of hydrogen-bond donors (Lipinski definition) is 1. The Morgan fingerprint density at radius 1 is 1.08 bits per heavy atom. The number of ether oxygens (including phenoxy) is 1. The molecule has 2 heterocycles. The first-order chi connectivity index (χ1) is 12.7. The highest BCUT2D eigenvalue weighted by Crippen LogP contribution is 2.25. The van der Waals surface area contributed by atoms with E-state index in [1.807, 2.05) is 23.1 Å². The molecule has 5 nitrogen and oxygen atoms in total. The van der Waals surface area contributed by atoms with Gasteiger partial charge in [0.05, 0.1) is 12.7 Å². The van der Waals surface area contributed by atoms with Gasteiger partial charge in [0.25, 0.3) is 5.91 Å². The first kappa shape index (κ1) is 16.4. The molecule has 1 aliphatic rings. The number of carbonyl (C=O) groups excluding carboxylic acids is 1. The smallest absolute Gasteiger partial charge is 0.256 e. The van der Waals surface area contributed by atoms with Crippen molar-refractivity contribution < 1.29 is 13.9 Å². The first-order valence-electron chi connectivity index (χ1n) is 8.60. The lowest BCUT2D eigenvalue weighted by atomic mass is 10.1. The predicted octanol–water partition coefficient (Wildman–Crippen LogP) is 3.28. The first-order valence-corrected chi connectivity index (χ1v) is 8.60. The lowest BCUT2D eigenvalue weighted by Crippen LogP contribution is -2.48. The second-order valence-electron chi connectivity index (χ2n) is 6.37. The number of anilines is 1. The van der Waals surface area contributed by atoms with E-state index in [0.717, 1.165) is 35.4 Å². The Morgan fingerprint density at radius 2 is 1.81 bits per heavy atom. The van der Waals surface area contributed by atoms with Gasteiger partial charge in [-0.3, -0.25) is 4.79 Å². The maximum atomic E-state index is 13.1. The summed E-state index contributed by atoms with van der Waals surface area (Å²) in [6.07, 6.45) is 1.76. The SMILES string of the molecule is COc1ccc2[nH]cc(C(=O)N3CCN(c4ccc(F)cc4)CC3)c2c1. The number of benzene rings is 2. The molecule has 1 aliphatic heterocycles. The van der Waals surface area contributed by atoms with Crippen LogP contribution in [0.3, 0.4) is 0 Å². The van der Waals surface area contributed by atoms with Crippen LogP contribution < -0.4 is 9.64 Å². The Kier molecular flexibility index (Phi) is 4.24. The molecule has 0 saturated carbocycles. The van der Waals surface area contributed by atoms with Crippen LogP contribution in [0.5, 0.6) is 5.75 Å². The third kappa shape index (κ3) is 2.98. The molecule has 1 amide bonds. The van der Waals surface area contributed by atoms with Crippen molar-refractivity contribution in [1.82, 2.24) is 9.88 Å². The van der Waals surface area contributed by atoms with Crippen LogP contribution in [0.15, 0.2) is 48.7 Å². The Labute approximate surface area is 151 Å². The van der Waals surface area contributed by atoms with E-state index in [-0.39, 0.29) is 11.7 Å². The van der Waals surface area contributed by atoms with Crippen LogP contribution in [0, 0.1) is 5.82 Å². The maximum absolute atomic E-state index is 13.1. The lowest BCUT2D eigenvalue weighted by Gasteiger charge is -2.36. The maximum Gasteiger partial charge on any atom is 0.256 e. The second-order valence-corrected chi connectivity index (χ2v) is 6.37. The van der Waals surface area contributed by atoms with Crippen molar-refractivity contribution in [3.8, 4) is 5.75 Å². The van der Waals surface area contributed by atoms with Gasteiger partial charge in [-0.1, -0.05) is 0 Å². The average molecular weight is 353 g/mol. The molecule has 2 aromatic carbocycles. The van der Waals surface area contributed by atoms with Crippen LogP contribution in [0.2, 0.25) is 0 Å². The summed E-state index contributed by atoms with van der Waals surface area (Å²) in [6, 6.07) is 12.1. The van der Waals surface area contributed by atoms with Crippen molar-refractivity contribution in [3.05, 3.63) is 60.0 Å². The minimum absolute atomic E-state index is 0.0169. The van der Waals surface area contributed by atoms with Crippen LogP contribution in [-0.2, 0) is 0 Å². The zero-order valence-corrected chi connectivity index (χ0v) is 14.5. The summed E-state index contributed by atoms with van der Waals surface area (Å²) in [5.41, 5.74) is 2.56. The molecule has 26 heavy (non-hydrogen) atoms. The fourth-order valence-electron chi connectivity index (χ4n) is 3.39. The number of aromatic amines is 1. The van der Waals surface area contributed by atoms with Gasteiger partial charge < -0.3 is 19.5 Å². The van der Waals surface area contributed by atoms with Gasteiger partial charge in [0.2, 0.25) is 0 Å². The normalized spacial score (nSPS) is 14.7. The summed E-state index contributed by atoms with van der Waals surface area (Å²) in [4.78, 5) is 20.1. The number of amides is 1. The number of rotatable bonds is 3. The Balaban J connectivity index is 1.49. The van der Waals surface area contributed by atoms with Crippen molar-refractivity contribution in [2.45, 2.75) is 0 Å². The highest BCUT2D eigenvalue weighted by atomic mass is 19.1. The molecule has 6 heteroatoms. The molecule has 1 aromatic heterocycles. The summed E-state index contributed by atoms with van der Waals surface area (Å²) in [5, 5.41) is 0.871. The Hall–Kier alpha value is -3.02. The van der Waals surface area contributed by atoms with Gasteiger partial charge in [0.15, 0.2) is 0 Å². The number of methoxy groups -OCH3 is 1. The van der Waals surface area contributed by atoms with Gasteiger partial charge in [-0.25, -0.2) is 4.39 Å². The van der Waals surface area contributed by atoms with Gasteiger partial charge in [-0.2, -0.15) is 0 Å². The van der Waals surface area contributed by atoms with E-state index in [4.69, 9.17) is 4.74 Å². The fraction of sp³-hybridized carbons (Fsp3) is 0.250. The second kappa shape index (κ2) is 6.71. The van der Waals surface area contributed by atoms with Crippen molar-refractivity contribution in [1.29, 1.82) is 0 Å². The number of hydrogen-bond acceptors (Lipinski definition) is 3. The van der Waals surface area contributed by atoms with Crippen LogP contribution in [-0.4, -0.2) is 49.1 Å². The third-order valence-electron chi connectivity index (χ3n) is 4.88. The van der Waals surface area contributed by atoms with Gasteiger partial charge in [-0.15, -0.1) is 0 Å². The Bertz CT molecular complexity index is 928. The summed E-state index contributed by atoms with van der Waals surface area (Å²) in [6.45, 7) is 2.71. The zero-order chi connectivity index (χ0) is 18.1. The summed E-state index contributed by atoms with van der Waals surface area (Å²) in [7, 11) is 1.62. The minimum Gasteiger partial charge on any atom is -0.497 e. The molecule has 0 aliphatic carbocycles. The van der Waals surface area contributed by atoms with Crippen LogP contribution in [0.25, 0.3) is 10.9 Å². The van der Waals surface area contributed by atoms with E-state index < -0.39 is 0 Å². The molecule has 0 bridgehead atoms. The topological polar surface area (TPSA) is 48.6 Å². The number of halogens is 1. The van der Waals surface area contributed by atoms with E-state index in [2.05, 4.69) is 9.88 Å².